The number of carbonyl (C=O) groups excluding carboxylic acids is 1. The summed E-state index contributed by atoms with van der Waals surface area (Å²) < 4.78 is 45.3. The lowest BCUT2D eigenvalue weighted by atomic mass is 9.94. The van der Waals surface area contributed by atoms with Crippen molar-refractivity contribution < 1.29 is 27.8 Å². The summed E-state index contributed by atoms with van der Waals surface area (Å²) >= 11 is 0. The molecule has 9 nitrogen and oxygen atoms in total. The Morgan fingerprint density at radius 1 is 1.22 bits per heavy atom. The van der Waals surface area contributed by atoms with Crippen molar-refractivity contribution in [2.45, 2.75) is 63.5 Å². The van der Waals surface area contributed by atoms with Crippen LogP contribution in [-0.4, -0.2) is 78.6 Å². The number of nitrogens with one attached hydrogen (secondary N) is 2. The Hall–Kier alpha value is -3.06. The second kappa shape index (κ2) is 13.3. The molecule has 2 saturated heterocycles. The number of amides is 1. The number of aromatic nitrogens is 1. The topological polar surface area (TPSA) is 125 Å². The number of anilines is 2. The molecule has 0 unspecified atom stereocenters. The van der Waals surface area contributed by atoms with Gasteiger partial charge in [0.05, 0.1) is 24.4 Å². The Morgan fingerprint density at radius 2 is 1.93 bits per heavy atom. The van der Waals surface area contributed by atoms with E-state index in [1.165, 1.54) is 19.9 Å². The van der Waals surface area contributed by atoms with Crippen molar-refractivity contribution in [2.24, 2.45) is 4.99 Å². The van der Waals surface area contributed by atoms with Gasteiger partial charge < -0.3 is 31.1 Å². The Balaban J connectivity index is 1.40. The Kier molecular flexibility index (Phi) is 10.0. The number of aliphatic hydroxyl groups is 1. The first-order valence-corrected chi connectivity index (χ1v) is 14.0. The highest BCUT2D eigenvalue weighted by Gasteiger charge is 2.33. The fourth-order valence-corrected chi connectivity index (χ4v) is 5.05. The van der Waals surface area contributed by atoms with E-state index in [2.05, 4.69) is 20.5 Å². The van der Waals surface area contributed by atoms with E-state index >= 15 is 0 Å². The number of pyridine rings is 1. The summed E-state index contributed by atoms with van der Waals surface area (Å²) in [5.74, 6) is -0.842. The first-order chi connectivity index (χ1) is 19.4. The number of hydrogen-bond acceptors (Lipinski definition) is 8. The van der Waals surface area contributed by atoms with E-state index in [-0.39, 0.29) is 11.7 Å². The van der Waals surface area contributed by atoms with E-state index < -0.39 is 29.1 Å². The predicted molar refractivity (Wildman–Crippen MR) is 152 cm³/mol. The van der Waals surface area contributed by atoms with Crippen LogP contribution < -0.4 is 16.4 Å². The average molecular weight is 577 g/mol. The third-order valence-electron chi connectivity index (χ3n) is 7.43. The number of ether oxygens (including phenoxy) is 1. The zero-order valence-corrected chi connectivity index (χ0v) is 23.5. The largest absolute Gasteiger partial charge is 0.433 e. The van der Waals surface area contributed by atoms with E-state index in [9.17, 15) is 23.1 Å². The fraction of sp³-hybridized carbons (Fsp3) is 0.552. The highest BCUT2D eigenvalue weighted by molar-refractivity contribution is 6.04. The lowest BCUT2D eigenvalue weighted by Gasteiger charge is -2.31. The third-order valence-corrected chi connectivity index (χ3v) is 7.43. The number of likely N-dealkylation sites (tertiary alicyclic amines) is 1. The van der Waals surface area contributed by atoms with Crippen LogP contribution >= 0.6 is 0 Å². The van der Waals surface area contributed by atoms with Crippen LogP contribution in [0.5, 0.6) is 0 Å². The maximum absolute atomic E-state index is 13.1. The molecule has 0 atom stereocenters. The summed E-state index contributed by atoms with van der Waals surface area (Å²) in [6, 6.07) is 6.34. The number of nitrogens with two attached hydrogens (primary N) is 1. The Labute approximate surface area is 238 Å². The first kappa shape index (κ1) is 30.9. The quantitative estimate of drug-likeness (QED) is 0.264. The lowest BCUT2D eigenvalue weighted by molar-refractivity contribution is -0.141. The van der Waals surface area contributed by atoms with E-state index in [0.29, 0.717) is 22.9 Å². The van der Waals surface area contributed by atoms with Gasteiger partial charge in [0.25, 0.3) is 5.91 Å². The van der Waals surface area contributed by atoms with E-state index in [4.69, 9.17) is 15.5 Å². The summed E-state index contributed by atoms with van der Waals surface area (Å²) in [6.07, 6.45) is 1.21. The minimum Gasteiger partial charge on any atom is -0.398 e. The lowest BCUT2D eigenvalue weighted by Crippen LogP contribution is -2.39. The van der Waals surface area contributed by atoms with Gasteiger partial charge in [-0.2, -0.15) is 13.2 Å². The molecule has 1 aromatic heterocycles. The molecule has 0 bridgehead atoms. The van der Waals surface area contributed by atoms with Crippen LogP contribution in [0.3, 0.4) is 0 Å². The maximum Gasteiger partial charge on any atom is 0.433 e. The standard InChI is InChI=1S/C29H39F3N6O3/c1-28(2,40)22-17-23(33)19(16-25(22)37-27(39)24-4-3-5-26(36-24)29(30,31)32)18-35-20-8-12-38(13-9-20)14-15-41-21-6-10-34-11-7-21/h3-5,16-18,20-21,34,40H,6-15,33H2,1-2H3,(H,37,39). The van der Waals surface area contributed by atoms with Crippen molar-refractivity contribution in [3.8, 4) is 0 Å². The minimum absolute atomic E-state index is 0.109. The fourth-order valence-electron chi connectivity index (χ4n) is 5.05. The summed E-state index contributed by atoms with van der Waals surface area (Å²) in [6.45, 7) is 8.53. The molecule has 41 heavy (non-hydrogen) atoms. The van der Waals surface area contributed by atoms with Crippen LogP contribution in [0, 0.1) is 0 Å². The molecule has 2 fully saturated rings. The summed E-state index contributed by atoms with van der Waals surface area (Å²) in [7, 11) is 0. The number of benzene rings is 1. The Bertz CT molecular complexity index is 1220. The molecule has 2 aliphatic rings. The van der Waals surface area contributed by atoms with Crippen LogP contribution in [0.1, 0.15) is 66.8 Å². The van der Waals surface area contributed by atoms with Crippen molar-refractivity contribution in [3.63, 3.8) is 0 Å². The summed E-state index contributed by atoms with van der Waals surface area (Å²) in [5, 5.41) is 16.6. The highest BCUT2D eigenvalue weighted by Crippen LogP contribution is 2.32. The molecular weight excluding hydrogens is 537 g/mol. The SMILES string of the molecule is CC(C)(O)c1cc(N)c(C=NC2CCN(CCOC3CCNCC3)CC2)cc1NC(=O)c1cccc(C(F)(F)F)n1. The number of nitrogen functional groups attached to an aromatic ring is 1. The van der Waals surface area contributed by atoms with E-state index in [1.807, 2.05) is 0 Å². The second-order valence-electron chi connectivity index (χ2n) is 11.1. The van der Waals surface area contributed by atoms with Crippen molar-refractivity contribution in [1.82, 2.24) is 15.2 Å². The minimum atomic E-state index is -4.68. The van der Waals surface area contributed by atoms with Gasteiger partial charge >= 0.3 is 6.18 Å². The number of nitrogens with zero attached hydrogens (tertiary/aromatic N) is 3. The molecule has 2 aromatic rings. The second-order valence-corrected chi connectivity index (χ2v) is 11.1. The van der Waals surface area contributed by atoms with Crippen molar-refractivity contribution in [1.29, 1.82) is 0 Å². The molecule has 0 spiro atoms. The molecule has 2 aliphatic heterocycles. The third kappa shape index (κ3) is 8.71. The van der Waals surface area contributed by atoms with Crippen LogP contribution in [0.4, 0.5) is 24.5 Å². The maximum atomic E-state index is 13.1. The van der Waals surface area contributed by atoms with Gasteiger partial charge in [0.1, 0.15) is 11.4 Å². The van der Waals surface area contributed by atoms with Gasteiger partial charge in [-0.05, 0) is 76.9 Å². The molecular formula is C29H39F3N6O3. The monoisotopic (exact) mass is 576 g/mol. The molecule has 0 aliphatic carbocycles. The van der Waals surface area contributed by atoms with Gasteiger partial charge in [-0.1, -0.05) is 6.07 Å². The van der Waals surface area contributed by atoms with Gasteiger partial charge in [0.2, 0.25) is 0 Å². The van der Waals surface area contributed by atoms with Gasteiger partial charge in [-0.25, -0.2) is 4.98 Å². The molecule has 12 heteroatoms. The highest BCUT2D eigenvalue weighted by atomic mass is 19.4. The molecule has 0 radical (unpaired) electrons. The van der Waals surface area contributed by atoms with Gasteiger partial charge in [0, 0.05) is 48.4 Å². The zero-order valence-electron chi connectivity index (χ0n) is 23.5. The molecule has 224 valence electrons. The number of rotatable bonds is 9. The number of piperidine rings is 2. The molecule has 1 aromatic carbocycles. The van der Waals surface area contributed by atoms with Crippen LogP contribution in [-0.2, 0) is 16.5 Å². The van der Waals surface area contributed by atoms with Crippen molar-refractivity contribution in [2.75, 3.05) is 50.4 Å². The van der Waals surface area contributed by atoms with Gasteiger partial charge in [-0.3, -0.25) is 9.79 Å². The van der Waals surface area contributed by atoms with E-state index in [0.717, 1.165) is 77.1 Å². The number of halogens is 3. The van der Waals surface area contributed by atoms with Crippen molar-refractivity contribution >= 4 is 23.5 Å². The number of aliphatic imine (C=N–C) groups is 1. The van der Waals surface area contributed by atoms with E-state index in [1.54, 1.807) is 18.3 Å². The van der Waals surface area contributed by atoms with Crippen LogP contribution in [0.2, 0.25) is 0 Å². The zero-order chi connectivity index (χ0) is 29.6. The molecule has 0 saturated carbocycles. The molecule has 3 heterocycles. The van der Waals surface area contributed by atoms with Gasteiger partial charge in [-0.15, -0.1) is 0 Å². The summed E-state index contributed by atoms with van der Waals surface area (Å²) in [4.78, 5) is 23.4. The van der Waals surface area contributed by atoms with Gasteiger partial charge in [0.15, 0.2) is 0 Å². The predicted octanol–water partition coefficient (Wildman–Crippen LogP) is 3.81. The van der Waals surface area contributed by atoms with Crippen LogP contribution in [0.15, 0.2) is 35.3 Å². The number of alkyl halides is 3. The smallest absolute Gasteiger partial charge is 0.398 e. The molecule has 5 N–H and O–H groups in total. The molecule has 4 rings (SSSR count). The number of carbonyl (C=O) groups is 1. The number of hydrogen-bond donors (Lipinski definition) is 4. The average Bonchev–Trinajstić information content (AvgIpc) is 2.93. The summed E-state index contributed by atoms with van der Waals surface area (Å²) in [5.41, 5.74) is 4.72. The van der Waals surface area contributed by atoms with Crippen molar-refractivity contribution in [3.05, 3.63) is 52.8 Å². The first-order valence-electron chi connectivity index (χ1n) is 14.0. The normalized spacial score (nSPS) is 18.2. The molecule has 1 amide bonds. The van der Waals surface area contributed by atoms with Crippen LogP contribution in [0.25, 0.3) is 0 Å². The Morgan fingerprint density at radius 3 is 2.59 bits per heavy atom.